The Morgan fingerprint density at radius 1 is 1.04 bits per heavy atom. The largest absolute Gasteiger partial charge is 0.373 e. The molecule has 3 rings (SSSR count). The normalized spacial score (nSPS) is 22.2. The van der Waals surface area contributed by atoms with Gasteiger partial charge in [0.1, 0.15) is 4.21 Å². The molecule has 2 atom stereocenters. The summed E-state index contributed by atoms with van der Waals surface area (Å²) < 4.78 is 59.7. The van der Waals surface area contributed by atoms with Crippen LogP contribution in [0.5, 0.6) is 0 Å². The number of ether oxygens (including phenoxy) is 1. The van der Waals surface area contributed by atoms with E-state index in [1.807, 2.05) is 13.8 Å². The number of sulfonamides is 2. The first-order valence-electron chi connectivity index (χ1n) is 8.00. The van der Waals surface area contributed by atoms with Crippen molar-refractivity contribution in [2.75, 3.05) is 17.8 Å². The second kappa shape index (κ2) is 7.28. The van der Waals surface area contributed by atoms with Gasteiger partial charge in [0.15, 0.2) is 0 Å². The first-order chi connectivity index (χ1) is 12.2. The molecule has 10 heteroatoms. The standard InChI is InChI=1S/C16H20N2O5S3/c1-12-10-18(11-13(2)23-12)26(21,22)15-7-5-14(6-8-15)17-25(19,20)16-4-3-9-24-16/h3-9,12-13,17H,10-11H2,1-2H3/t12-,13+. The maximum atomic E-state index is 12.8. The third kappa shape index (κ3) is 4.09. The van der Waals surface area contributed by atoms with Crippen LogP contribution in [0.4, 0.5) is 5.69 Å². The van der Waals surface area contributed by atoms with Crippen LogP contribution >= 0.6 is 11.3 Å². The number of benzene rings is 1. The zero-order valence-electron chi connectivity index (χ0n) is 14.3. The van der Waals surface area contributed by atoms with Gasteiger partial charge in [-0.3, -0.25) is 4.72 Å². The summed E-state index contributed by atoms with van der Waals surface area (Å²) in [4.78, 5) is 0.123. The average molecular weight is 417 g/mol. The van der Waals surface area contributed by atoms with Crippen molar-refractivity contribution < 1.29 is 21.6 Å². The van der Waals surface area contributed by atoms with Crippen molar-refractivity contribution in [1.82, 2.24) is 4.31 Å². The summed E-state index contributed by atoms with van der Waals surface area (Å²) in [6.07, 6.45) is -0.351. The van der Waals surface area contributed by atoms with E-state index < -0.39 is 20.0 Å². The van der Waals surface area contributed by atoms with Crippen LogP contribution in [-0.2, 0) is 24.8 Å². The number of rotatable bonds is 5. The summed E-state index contributed by atoms with van der Waals surface area (Å²) in [5.74, 6) is 0. The van der Waals surface area contributed by atoms with Crippen LogP contribution < -0.4 is 4.72 Å². The van der Waals surface area contributed by atoms with Gasteiger partial charge in [-0.2, -0.15) is 4.31 Å². The summed E-state index contributed by atoms with van der Waals surface area (Å²) in [6, 6.07) is 8.88. The Hall–Kier alpha value is -1.46. The molecule has 2 aromatic rings. The van der Waals surface area contributed by atoms with Crippen molar-refractivity contribution in [3.63, 3.8) is 0 Å². The molecule has 7 nitrogen and oxygen atoms in total. The molecule has 0 amide bonds. The van der Waals surface area contributed by atoms with E-state index >= 15 is 0 Å². The number of morpholine rings is 1. The smallest absolute Gasteiger partial charge is 0.271 e. The molecule has 0 spiro atoms. The van der Waals surface area contributed by atoms with Crippen LogP contribution in [0.3, 0.4) is 0 Å². The molecule has 1 aliphatic rings. The Morgan fingerprint density at radius 2 is 1.65 bits per heavy atom. The third-order valence-corrected chi connectivity index (χ3v) is 8.51. The van der Waals surface area contributed by atoms with E-state index in [2.05, 4.69) is 4.72 Å². The molecule has 0 aliphatic carbocycles. The van der Waals surface area contributed by atoms with Crippen molar-refractivity contribution in [3.8, 4) is 0 Å². The summed E-state index contributed by atoms with van der Waals surface area (Å²) in [5.41, 5.74) is 0.307. The minimum absolute atomic E-state index is 0.123. The highest BCUT2D eigenvalue weighted by Gasteiger charge is 2.32. The minimum atomic E-state index is -3.66. The molecule has 1 aromatic carbocycles. The number of hydrogen-bond acceptors (Lipinski definition) is 6. The second-order valence-corrected chi connectivity index (χ2v) is 10.9. The highest BCUT2D eigenvalue weighted by Crippen LogP contribution is 2.24. The first-order valence-corrected chi connectivity index (χ1v) is 11.8. The van der Waals surface area contributed by atoms with Gasteiger partial charge in [-0.25, -0.2) is 16.8 Å². The van der Waals surface area contributed by atoms with E-state index in [9.17, 15) is 16.8 Å². The third-order valence-electron chi connectivity index (χ3n) is 3.89. The van der Waals surface area contributed by atoms with Crippen molar-refractivity contribution >= 4 is 37.1 Å². The predicted octanol–water partition coefficient (Wildman–Crippen LogP) is 2.35. The van der Waals surface area contributed by atoms with Crippen LogP contribution in [0.15, 0.2) is 50.9 Å². The molecule has 0 saturated carbocycles. The minimum Gasteiger partial charge on any atom is -0.373 e. The molecule has 142 valence electrons. The molecule has 0 radical (unpaired) electrons. The topological polar surface area (TPSA) is 92.8 Å². The van der Waals surface area contributed by atoms with E-state index in [1.165, 1.54) is 34.6 Å². The van der Waals surface area contributed by atoms with Gasteiger partial charge in [0, 0.05) is 18.8 Å². The summed E-state index contributed by atoms with van der Waals surface area (Å²) in [7, 11) is -7.31. The monoisotopic (exact) mass is 416 g/mol. The highest BCUT2D eigenvalue weighted by molar-refractivity contribution is 7.94. The fourth-order valence-corrected chi connectivity index (χ4v) is 6.43. The lowest BCUT2D eigenvalue weighted by atomic mass is 10.3. The van der Waals surface area contributed by atoms with Gasteiger partial charge in [-0.1, -0.05) is 6.07 Å². The van der Waals surface area contributed by atoms with Crippen molar-refractivity contribution in [1.29, 1.82) is 0 Å². The number of anilines is 1. The van der Waals surface area contributed by atoms with E-state index in [1.54, 1.807) is 11.4 Å². The van der Waals surface area contributed by atoms with E-state index in [0.29, 0.717) is 18.8 Å². The maximum Gasteiger partial charge on any atom is 0.271 e. The fraction of sp³-hybridized carbons (Fsp3) is 0.375. The molecule has 1 saturated heterocycles. The predicted molar refractivity (Wildman–Crippen MR) is 100 cm³/mol. The van der Waals surface area contributed by atoms with Crippen LogP contribution in [0.1, 0.15) is 13.8 Å². The lowest BCUT2D eigenvalue weighted by Gasteiger charge is -2.34. The molecular formula is C16H20N2O5S3. The highest BCUT2D eigenvalue weighted by atomic mass is 32.2. The molecule has 1 fully saturated rings. The molecular weight excluding hydrogens is 396 g/mol. The van der Waals surface area contributed by atoms with Crippen LogP contribution in [0.2, 0.25) is 0 Å². The van der Waals surface area contributed by atoms with Gasteiger partial charge in [0.05, 0.1) is 17.1 Å². The van der Waals surface area contributed by atoms with Crippen molar-refractivity contribution in [3.05, 3.63) is 41.8 Å². The zero-order chi connectivity index (χ0) is 18.9. The van der Waals surface area contributed by atoms with Crippen LogP contribution in [-0.4, -0.2) is 46.4 Å². The van der Waals surface area contributed by atoms with E-state index in [0.717, 1.165) is 11.3 Å². The second-order valence-electron chi connectivity index (χ2n) is 6.14. The zero-order valence-corrected chi connectivity index (χ0v) is 16.8. The van der Waals surface area contributed by atoms with Gasteiger partial charge in [0.25, 0.3) is 10.0 Å². The van der Waals surface area contributed by atoms with Crippen LogP contribution in [0.25, 0.3) is 0 Å². The molecule has 2 heterocycles. The fourth-order valence-electron chi connectivity index (χ4n) is 2.79. The van der Waals surface area contributed by atoms with Crippen LogP contribution in [0, 0.1) is 0 Å². The summed E-state index contributed by atoms with van der Waals surface area (Å²) in [6.45, 7) is 4.25. The first kappa shape index (κ1) is 19.3. The van der Waals surface area contributed by atoms with Gasteiger partial charge < -0.3 is 4.74 Å². The number of hydrogen-bond donors (Lipinski definition) is 1. The van der Waals surface area contributed by atoms with E-state index in [4.69, 9.17) is 4.74 Å². The van der Waals surface area contributed by atoms with Crippen molar-refractivity contribution in [2.24, 2.45) is 0 Å². The van der Waals surface area contributed by atoms with Gasteiger partial charge in [-0.15, -0.1) is 11.3 Å². The lowest BCUT2D eigenvalue weighted by Crippen LogP contribution is -2.48. The van der Waals surface area contributed by atoms with Gasteiger partial charge in [-0.05, 0) is 49.6 Å². The Kier molecular flexibility index (Phi) is 5.40. The van der Waals surface area contributed by atoms with Gasteiger partial charge >= 0.3 is 0 Å². The lowest BCUT2D eigenvalue weighted by molar-refractivity contribution is -0.0440. The number of thiophene rings is 1. The number of nitrogens with zero attached hydrogens (tertiary/aromatic N) is 1. The van der Waals surface area contributed by atoms with Crippen molar-refractivity contribution in [2.45, 2.75) is 35.2 Å². The van der Waals surface area contributed by atoms with Gasteiger partial charge in [0.2, 0.25) is 10.0 Å². The maximum absolute atomic E-state index is 12.8. The molecule has 1 aliphatic heterocycles. The summed E-state index contributed by atoms with van der Waals surface area (Å²) in [5, 5.41) is 1.68. The SMILES string of the molecule is C[C@@H]1CN(S(=O)(=O)c2ccc(NS(=O)(=O)c3cccs3)cc2)C[C@H](C)O1. The summed E-state index contributed by atoms with van der Waals surface area (Å²) >= 11 is 1.11. The molecule has 0 unspecified atom stereocenters. The van der Waals surface area contributed by atoms with E-state index in [-0.39, 0.29) is 21.3 Å². The average Bonchev–Trinajstić information content (AvgIpc) is 3.09. The molecule has 26 heavy (non-hydrogen) atoms. The Bertz CT molecular complexity index is 944. The number of nitrogens with one attached hydrogen (secondary N) is 1. The Morgan fingerprint density at radius 3 is 2.19 bits per heavy atom. The molecule has 0 bridgehead atoms. The quantitative estimate of drug-likeness (QED) is 0.808. The molecule has 1 aromatic heterocycles. The Labute approximate surface area is 157 Å². The Balaban J connectivity index is 1.79. The molecule has 1 N–H and O–H groups in total.